The van der Waals surface area contributed by atoms with Gasteiger partial charge >= 0.3 is 5.97 Å². The molecule has 5 rings (SSSR count). The number of H-pyrrole nitrogens is 1. The maximum atomic E-state index is 12.9. The van der Waals surface area contributed by atoms with Gasteiger partial charge in [-0.3, -0.25) is 10.1 Å². The summed E-state index contributed by atoms with van der Waals surface area (Å²) in [6.07, 6.45) is -0.611. The number of carbonyl (C=O) groups is 2. The number of thiazole rings is 1. The molecular weight excluding hydrogens is 472 g/mol. The molecule has 0 radical (unpaired) electrons. The fraction of sp³-hybridized carbons (Fsp3) is 0.143. The highest BCUT2D eigenvalue weighted by Gasteiger charge is 2.23. The van der Waals surface area contributed by atoms with Crippen molar-refractivity contribution in [2.24, 2.45) is 0 Å². The van der Waals surface area contributed by atoms with Crippen LogP contribution in [0.1, 0.15) is 29.3 Å². The summed E-state index contributed by atoms with van der Waals surface area (Å²) in [4.78, 5) is 38.0. The summed E-state index contributed by atoms with van der Waals surface area (Å²) in [5.74, 6) is -0.266. The van der Waals surface area contributed by atoms with Crippen molar-refractivity contribution in [1.82, 2.24) is 15.0 Å². The predicted octanol–water partition coefficient (Wildman–Crippen LogP) is 6.24. The smallest absolute Gasteiger partial charge is 0.338 e. The SMILES string of the molecule is CCC(OC(=O)c1ccc2nc(-c3ccc(C)cc3)[nH]c2c1)C(=O)Nc1nc(-c2ccccc2)cs1. The first kappa shape index (κ1) is 23.4. The minimum absolute atomic E-state index is 0.332. The Kier molecular flexibility index (Phi) is 6.60. The maximum absolute atomic E-state index is 12.9. The van der Waals surface area contributed by atoms with Crippen molar-refractivity contribution in [2.75, 3.05) is 5.32 Å². The largest absolute Gasteiger partial charge is 0.449 e. The van der Waals surface area contributed by atoms with Crippen LogP contribution in [0.3, 0.4) is 0 Å². The van der Waals surface area contributed by atoms with Crippen molar-refractivity contribution in [1.29, 1.82) is 0 Å². The number of nitrogens with one attached hydrogen (secondary N) is 2. The van der Waals surface area contributed by atoms with Gasteiger partial charge in [-0.2, -0.15) is 0 Å². The van der Waals surface area contributed by atoms with Crippen LogP contribution in [-0.2, 0) is 9.53 Å². The van der Waals surface area contributed by atoms with E-state index in [4.69, 9.17) is 4.74 Å². The molecule has 0 spiro atoms. The van der Waals surface area contributed by atoms with E-state index in [1.165, 1.54) is 16.9 Å². The molecule has 0 aliphatic heterocycles. The van der Waals surface area contributed by atoms with Crippen LogP contribution in [0.25, 0.3) is 33.7 Å². The van der Waals surface area contributed by atoms with Gasteiger partial charge in [0.1, 0.15) is 5.82 Å². The second-order valence-corrected chi connectivity index (χ2v) is 9.24. The van der Waals surface area contributed by atoms with E-state index in [0.29, 0.717) is 22.6 Å². The third-order valence-corrected chi connectivity index (χ3v) is 6.52. The summed E-state index contributed by atoms with van der Waals surface area (Å²) < 4.78 is 5.56. The third-order valence-electron chi connectivity index (χ3n) is 5.76. The molecule has 0 bridgehead atoms. The number of amides is 1. The fourth-order valence-electron chi connectivity index (χ4n) is 3.76. The molecule has 180 valence electrons. The van der Waals surface area contributed by atoms with Crippen LogP contribution >= 0.6 is 11.3 Å². The zero-order valence-corrected chi connectivity index (χ0v) is 20.6. The number of anilines is 1. The summed E-state index contributed by atoms with van der Waals surface area (Å²) in [5.41, 5.74) is 5.67. The molecule has 7 nitrogen and oxygen atoms in total. The number of rotatable bonds is 7. The number of aryl methyl sites for hydroxylation is 1. The van der Waals surface area contributed by atoms with Crippen LogP contribution in [0.4, 0.5) is 5.13 Å². The second-order valence-electron chi connectivity index (χ2n) is 8.38. The molecule has 0 aliphatic carbocycles. The number of ether oxygens (including phenoxy) is 1. The molecule has 2 heterocycles. The third kappa shape index (κ3) is 5.04. The zero-order valence-electron chi connectivity index (χ0n) is 19.8. The van der Waals surface area contributed by atoms with Gasteiger partial charge in [0, 0.05) is 16.5 Å². The van der Waals surface area contributed by atoms with Gasteiger partial charge in [-0.15, -0.1) is 11.3 Å². The van der Waals surface area contributed by atoms with Crippen molar-refractivity contribution in [3.8, 4) is 22.6 Å². The van der Waals surface area contributed by atoms with Gasteiger partial charge in [-0.05, 0) is 31.5 Å². The number of aromatic amines is 1. The number of esters is 1. The summed E-state index contributed by atoms with van der Waals surface area (Å²) >= 11 is 1.32. The molecule has 0 saturated heterocycles. The number of hydrogen-bond acceptors (Lipinski definition) is 6. The minimum atomic E-state index is -0.942. The van der Waals surface area contributed by atoms with E-state index < -0.39 is 18.0 Å². The van der Waals surface area contributed by atoms with Crippen molar-refractivity contribution in [2.45, 2.75) is 26.4 Å². The highest BCUT2D eigenvalue weighted by Crippen LogP contribution is 2.25. The Balaban J connectivity index is 1.27. The number of aromatic nitrogens is 3. The van der Waals surface area contributed by atoms with Gasteiger partial charge in [0.05, 0.1) is 22.3 Å². The zero-order chi connectivity index (χ0) is 25.1. The van der Waals surface area contributed by atoms with Gasteiger partial charge in [-0.1, -0.05) is 67.1 Å². The number of imidazole rings is 1. The Morgan fingerprint density at radius 3 is 2.53 bits per heavy atom. The fourth-order valence-corrected chi connectivity index (χ4v) is 4.49. The number of carbonyl (C=O) groups excluding carboxylic acids is 2. The first-order chi connectivity index (χ1) is 17.5. The molecule has 1 atom stereocenters. The molecular formula is C28H24N4O3S. The van der Waals surface area contributed by atoms with E-state index in [-0.39, 0.29) is 0 Å². The van der Waals surface area contributed by atoms with E-state index in [9.17, 15) is 9.59 Å². The second kappa shape index (κ2) is 10.1. The normalized spacial score (nSPS) is 11.8. The van der Waals surface area contributed by atoms with Crippen LogP contribution in [0.5, 0.6) is 0 Å². The molecule has 2 N–H and O–H groups in total. The molecule has 5 aromatic rings. The summed E-state index contributed by atoms with van der Waals surface area (Å²) in [6.45, 7) is 3.82. The quantitative estimate of drug-likeness (QED) is 0.260. The van der Waals surface area contributed by atoms with E-state index in [1.54, 1.807) is 25.1 Å². The van der Waals surface area contributed by atoms with E-state index in [2.05, 4.69) is 20.3 Å². The Hall–Kier alpha value is -4.30. The topological polar surface area (TPSA) is 97.0 Å². The lowest BCUT2D eigenvalue weighted by molar-refractivity contribution is -0.124. The van der Waals surface area contributed by atoms with Crippen molar-refractivity contribution < 1.29 is 14.3 Å². The van der Waals surface area contributed by atoms with Crippen LogP contribution in [0.2, 0.25) is 0 Å². The highest BCUT2D eigenvalue weighted by atomic mass is 32.1. The Labute approximate surface area is 212 Å². The number of nitrogens with zero attached hydrogens (tertiary/aromatic N) is 2. The molecule has 1 amide bonds. The van der Waals surface area contributed by atoms with Gasteiger partial charge in [0.15, 0.2) is 11.2 Å². The van der Waals surface area contributed by atoms with Crippen molar-refractivity contribution >= 4 is 39.4 Å². The molecule has 8 heteroatoms. The standard InChI is InChI=1S/C28H24N4O3S/c1-3-24(26(33)32-28-31-23(16-36-28)18-7-5-4-6-8-18)35-27(34)20-13-14-21-22(15-20)30-25(29-21)19-11-9-17(2)10-12-19/h4-16,24H,3H2,1-2H3,(H,29,30)(H,31,32,33). The Bertz CT molecular complexity index is 1520. The Morgan fingerprint density at radius 2 is 1.78 bits per heavy atom. The van der Waals surface area contributed by atoms with Gasteiger partial charge in [-0.25, -0.2) is 14.8 Å². The molecule has 1 unspecified atom stereocenters. The van der Waals surface area contributed by atoms with Crippen molar-refractivity contribution in [3.63, 3.8) is 0 Å². The first-order valence-electron chi connectivity index (χ1n) is 11.6. The van der Waals surface area contributed by atoms with Gasteiger partial charge < -0.3 is 9.72 Å². The van der Waals surface area contributed by atoms with Crippen LogP contribution in [0.15, 0.2) is 78.2 Å². The Morgan fingerprint density at radius 1 is 1.00 bits per heavy atom. The monoisotopic (exact) mass is 496 g/mol. The van der Waals surface area contributed by atoms with Crippen LogP contribution in [-0.4, -0.2) is 32.9 Å². The lowest BCUT2D eigenvalue weighted by atomic mass is 10.1. The average Bonchev–Trinajstić information content (AvgIpc) is 3.54. The number of hydrogen-bond donors (Lipinski definition) is 2. The van der Waals surface area contributed by atoms with Gasteiger partial charge in [0.25, 0.3) is 5.91 Å². The summed E-state index contributed by atoms with van der Waals surface area (Å²) in [5, 5.41) is 5.10. The van der Waals surface area contributed by atoms with E-state index in [0.717, 1.165) is 28.2 Å². The molecule has 36 heavy (non-hydrogen) atoms. The summed E-state index contributed by atoms with van der Waals surface area (Å²) in [6, 6.07) is 22.9. The van der Waals surface area contributed by atoms with Crippen LogP contribution in [0, 0.1) is 6.92 Å². The van der Waals surface area contributed by atoms with Crippen LogP contribution < -0.4 is 5.32 Å². The van der Waals surface area contributed by atoms with E-state index >= 15 is 0 Å². The first-order valence-corrected chi connectivity index (χ1v) is 12.5. The molecule has 0 saturated carbocycles. The molecule has 0 fully saturated rings. The molecule has 0 aliphatic rings. The average molecular weight is 497 g/mol. The number of fused-ring (bicyclic) bond motifs is 1. The van der Waals surface area contributed by atoms with Gasteiger partial charge in [0.2, 0.25) is 0 Å². The lowest BCUT2D eigenvalue weighted by Crippen LogP contribution is -2.32. The minimum Gasteiger partial charge on any atom is -0.449 e. The summed E-state index contributed by atoms with van der Waals surface area (Å²) in [7, 11) is 0. The predicted molar refractivity (Wildman–Crippen MR) is 142 cm³/mol. The van der Waals surface area contributed by atoms with E-state index in [1.807, 2.05) is 66.9 Å². The number of benzene rings is 3. The van der Waals surface area contributed by atoms with Crippen molar-refractivity contribution in [3.05, 3.63) is 89.3 Å². The lowest BCUT2D eigenvalue weighted by Gasteiger charge is -2.15. The highest BCUT2D eigenvalue weighted by molar-refractivity contribution is 7.14. The molecule has 2 aromatic heterocycles. The maximum Gasteiger partial charge on any atom is 0.338 e. The molecule has 3 aromatic carbocycles.